The third-order valence-corrected chi connectivity index (χ3v) is 6.00. The van der Waals surface area contributed by atoms with E-state index < -0.39 is 0 Å². The molecule has 11 heavy (non-hydrogen) atoms. The molecule has 0 aromatic rings. The largest absolute Gasteiger partial charge is 0.269 e. The normalized spacial score (nSPS) is 11.5. The maximum absolute atomic E-state index is 2.37. The summed E-state index contributed by atoms with van der Waals surface area (Å²) < 4.78 is 0. The second-order valence-electron chi connectivity index (χ2n) is 3.96. The second kappa shape index (κ2) is 5.75. The lowest BCUT2D eigenvalue weighted by atomic mass is 10.5. The standard InChI is InChI=1S/C9H21Si.FH/c1-7(2)10(8(3)4)9(5)6;/h7-9H,1-6H3;1H. The lowest BCUT2D eigenvalue weighted by Gasteiger charge is -2.26. The molecule has 0 amide bonds. The molecule has 2 heteroatoms. The number of hydrogen-bond donors (Lipinski definition) is 0. The molecule has 0 heterocycles. The average molecular weight is 177 g/mol. The van der Waals surface area contributed by atoms with Crippen molar-refractivity contribution in [2.75, 3.05) is 0 Å². The molecule has 0 fully saturated rings. The predicted molar refractivity (Wildman–Crippen MR) is 53.6 cm³/mol. The summed E-state index contributed by atoms with van der Waals surface area (Å²) in [6.45, 7) is 14.2. The fourth-order valence-electron chi connectivity index (χ4n) is 2.00. The van der Waals surface area contributed by atoms with Gasteiger partial charge in [-0.05, 0) is 0 Å². The van der Waals surface area contributed by atoms with E-state index in [4.69, 9.17) is 0 Å². The summed E-state index contributed by atoms with van der Waals surface area (Å²) in [6, 6.07) is 0. The minimum Gasteiger partial charge on any atom is -0.269 e. The summed E-state index contributed by atoms with van der Waals surface area (Å²) in [6.07, 6.45) is 0. The zero-order valence-corrected chi connectivity index (χ0v) is 9.64. The molecule has 0 aromatic heterocycles. The Morgan fingerprint density at radius 2 is 0.818 bits per heavy atom. The number of halogens is 1. The molecule has 0 aliphatic rings. The van der Waals surface area contributed by atoms with Gasteiger partial charge < -0.3 is 0 Å². The molecular formula is C9H22FSi. The van der Waals surface area contributed by atoms with Crippen LogP contribution in [0.5, 0.6) is 0 Å². The van der Waals surface area contributed by atoms with Gasteiger partial charge in [0.25, 0.3) is 0 Å². The van der Waals surface area contributed by atoms with Gasteiger partial charge in [-0.2, -0.15) is 0 Å². The molecule has 0 atom stereocenters. The SMILES string of the molecule is CC(C)[Si](C(C)C)C(C)C.F. The first-order valence-electron chi connectivity index (χ1n) is 4.33. The van der Waals surface area contributed by atoms with Gasteiger partial charge in [-0.25, -0.2) is 0 Å². The first-order chi connectivity index (χ1) is 4.46. The van der Waals surface area contributed by atoms with Gasteiger partial charge in [-0.15, -0.1) is 0 Å². The smallest absolute Gasteiger partial charge is 0.0561 e. The lowest BCUT2D eigenvalue weighted by Crippen LogP contribution is -2.24. The van der Waals surface area contributed by atoms with Crippen LogP contribution in [0.4, 0.5) is 4.70 Å². The molecule has 0 aliphatic carbocycles. The molecule has 0 nitrogen and oxygen atoms in total. The summed E-state index contributed by atoms with van der Waals surface area (Å²) >= 11 is 0. The summed E-state index contributed by atoms with van der Waals surface area (Å²) in [5.74, 6) is 0. The third kappa shape index (κ3) is 4.56. The molecule has 0 bridgehead atoms. The van der Waals surface area contributed by atoms with Crippen molar-refractivity contribution in [3.8, 4) is 0 Å². The van der Waals surface area contributed by atoms with Gasteiger partial charge in [0.05, 0.1) is 8.80 Å². The quantitative estimate of drug-likeness (QED) is 0.574. The van der Waals surface area contributed by atoms with E-state index in [9.17, 15) is 0 Å². The Balaban J connectivity index is 0. The number of rotatable bonds is 3. The van der Waals surface area contributed by atoms with Crippen molar-refractivity contribution in [2.24, 2.45) is 0 Å². The van der Waals surface area contributed by atoms with Crippen molar-refractivity contribution < 1.29 is 4.70 Å². The molecule has 69 valence electrons. The van der Waals surface area contributed by atoms with Crippen molar-refractivity contribution >= 4 is 8.80 Å². The molecule has 0 saturated heterocycles. The fourth-order valence-corrected chi connectivity index (χ4v) is 6.00. The first-order valence-corrected chi connectivity index (χ1v) is 6.06. The van der Waals surface area contributed by atoms with Crippen molar-refractivity contribution in [1.29, 1.82) is 0 Å². The molecule has 0 N–H and O–H groups in total. The van der Waals surface area contributed by atoms with Crippen LogP contribution in [0.1, 0.15) is 41.5 Å². The summed E-state index contributed by atoms with van der Waals surface area (Å²) in [5.41, 5.74) is 2.81. The lowest BCUT2D eigenvalue weighted by molar-refractivity contribution is 0.863. The van der Waals surface area contributed by atoms with Gasteiger partial charge in [0.15, 0.2) is 0 Å². The van der Waals surface area contributed by atoms with Crippen LogP contribution in [0.3, 0.4) is 0 Å². The average Bonchev–Trinajstić information content (AvgIpc) is 1.59. The van der Waals surface area contributed by atoms with Gasteiger partial charge in [0.2, 0.25) is 0 Å². The van der Waals surface area contributed by atoms with Gasteiger partial charge >= 0.3 is 0 Å². The Hall–Kier alpha value is 0.147. The van der Waals surface area contributed by atoms with E-state index in [2.05, 4.69) is 41.5 Å². The third-order valence-electron chi connectivity index (χ3n) is 2.00. The van der Waals surface area contributed by atoms with Crippen molar-refractivity contribution in [3.63, 3.8) is 0 Å². The van der Waals surface area contributed by atoms with Gasteiger partial charge in [0.1, 0.15) is 0 Å². The van der Waals surface area contributed by atoms with E-state index >= 15 is 0 Å². The Kier molecular flexibility index (Phi) is 7.18. The van der Waals surface area contributed by atoms with Crippen molar-refractivity contribution in [1.82, 2.24) is 0 Å². The molecule has 1 radical (unpaired) electrons. The van der Waals surface area contributed by atoms with Gasteiger partial charge in [0, 0.05) is 0 Å². The van der Waals surface area contributed by atoms with E-state index in [1.165, 1.54) is 0 Å². The van der Waals surface area contributed by atoms with E-state index in [1.54, 1.807) is 0 Å². The monoisotopic (exact) mass is 177 g/mol. The second-order valence-corrected chi connectivity index (χ2v) is 8.43. The Labute approximate surface area is 72.4 Å². The first kappa shape index (κ1) is 13.7. The van der Waals surface area contributed by atoms with Crippen LogP contribution in [0.2, 0.25) is 16.6 Å². The van der Waals surface area contributed by atoms with Crippen LogP contribution in [0.15, 0.2) is 0 Å². The molecule has 0 saturated carbocycles. The van der Waals surface area contributed by atoms with Crippen LogP contribution in [0.25, 0.3) is 0 Å². The summed E-state index contributed by atoms with van der Waals surface area (Å²) in [5, 5.41) is 0. The van der Waals surface area contributed by atoms with Crippen LogP contribution >= 0.6 is 0 Å². The highest BCUT2D eigenvalue weighted by atomic mass is 28.3. The summed E-state index contributed by atoms with van der Waals surface area (Å²) in [4.78, 5) is 0. The highest BCUT2D eigenvalue weighted by Crippen LogP contribution is 2.28. The minimum absolute atomic E-state index is 0. The zero-order chi connectivity index (χ0) is 8.31. The highest BCUT2D eigenvalue weighted by molar-refractivity contribution is 6.63. The molecular weight excluding hydrogens is 155 g/mol. The Morgan fingerprint density at radius 3 is 0.818 bits per heavy atom. The summed E-state index contributed by atoms with van der Waals surface area (Å²) in [7, 11) is -0.0957. The van der Waals surface area contributed by atoms with Crippen LogP contribution in [-0.4, -0.2) is 8.80 Å². The molecule has 0 unspecified atom stereocenters. The van der Waals surface area contributed by atoms with Crippen LogP contribution < -0.4 is 0 Å². The van der Waals surface area contributed by atoms with E-state index in [1.807, 2.05) is 0 Å². The Bertz CT molecular complexity index is 70.5. The molecule has 0 aliphatic heterocycles. The fraction of sp³-hybridized carbons (Fsp3) is 1.00. The van der Waals surface area contributed by atoms with E-state index in [0.29, 0.717) is 0 Å². The highest BCUT2D eigenvalue weighted by Gasteiger charge is 2.22. The zero-order valence-electron chi connectivity index (χ0n) is 8.64. The maximum atomic E-state index is 2.37. The topological polar surface area (TPSA) is 0 Å². The number of hydrogen-bond acceptors (Lipinski definition) is 0. The van der Waals surface area contributed by atoms with Gasteiger partial charge in [-0.3, -0.25) is 4.70 Å². The van der Waals surface area contributed by atoms with Crippen molar-refractivity contribution in [3.05, 3.63) is 0 Å². The minimum atomic E-state index is -0.0957. The maximum Gasteiger partial charge on any atom is 0.0561 e. The predicted octanol–water partition coefficient (Wildman–Crippen LogP) is 3.86. The molecule has 0 spiro atoms. The van der Waals surface area contributed by atoms with E-state index in [-0.39, 0.29) is 13.5 Å². The van der Waals surface area contributed by atoms with Crippen molar-refractivity contribution in [2.45, 2.75) is 58.2 Å². The molecule has 0 rings (SSSR count). The molecule has 0 aromatic carbocycles. The van der Waals surface area contributed by atoms with Gasteiger partial charge in [-0.1, -0.05) is 58.2 Å². The van der Waals surface area contributed by atoms with Crippen LogP contribution in [0, 0.1) is 0 Å². The van der Waals surface area contributed by atoms with E-state index in [0.717, 1.165) is 16.6 Å². The Morgan fingerprint density at radius 1 is 0.636 bits per heavy atom. The van der Waals surface area contributed by atoms with Crippen LogP contribution in [-0.2, 0) is 0 Å².